The van der Waals surface area contributed by atoms with Crippen molar-refractivity contribution in [1.82, 2.24) is 0 Å². The minimum absolute atomic E-state index is 0.00251. The minimum atomic E-state index is -3.78. The van der Waals surface area contributed by atoms with E-state index in [-0.39, 0.29) is 10.6 Å². The Kier molecular flexibility index (Phi) is 2.30. The number of aromatic hydroxyl groups is 1. The number of rotatable bonds is 1. The van der Waals surface area contributed by atoms with Gasteiger partial charge in [-0.2, -0.15) is 0 Å². The maximum absolute atomic E-state index is 11.3. The van der Waals surface area contributed by atoms with Gasteiger partial charge in [-0.25, -0.2) is 8.42 Å². The normalized spacial score (nSPS) is 12.3. The van der Waals surface area contributed by atoms with Crippen LogP contribution in [0, 0.1) is 0 Å². The fraction of sp³-hybridized carbons (Fsp3) is 0. The summed E-state index contributed by atoms with van der Waals surface area (Å²) >= 11 is 0. The summed E-state index contributed by atoms with van der Waals surface area (Å²) in [6, 6.07) is 9.01. The van der Waals surface area contributed by atoms with Gasteiger partial charge in [0.05, 0.1) is 4.90 Å². The highest BCUT2D eigenvalue weighted by Crippen LogP contribution is 2.33. The third kappa shape index (κ3) is 1.72. The van der Waals surface area contributed by atoms with Crippen LogP contribution in [0.3, 0.4) is 0 Å². The predicted molar refractivity (Wildman–Crippen MR) is 68.4 cm³/mol. The molecular weight excluding hydrogens is 276 g/mol. The molecule has 0 unspecified atom stereocenters. The molecule has 0 aliphatic rings. The lowest BCUT2D eigenvalue weighted by atomic mass is 10.1. The Hall–Kier alpha value is -1.72. The summed E-state index contributed by atoms with van der Waals surface area (Å²) in [5.41, 5.74) is 1.12. The Bertz CT molecular complexity index is 864. The van der Waals surface area contributed by atoms with Crippen molar-refractivity contribution in [2.24, 2.45) is 0 Å². The zero-order chi connectivity index (χ0) is 12.9. The van der Waals surface area contributed by atoms with Crippen LogP contribution in [-0.2, 0) is 9.05 Å². The molecule has 3 rings (SSSR count). The molecule has 0 radical (unpaired) electrons. The van der Waals surface area contributed by atoms with Crippen molar-refractivity contribution >= 4 is 41.7 Å². The van der Waals surface area contributed by atoms with Gasteiger partial charge in [-0.15, -0.1) is 0 Å². The summed E-state index contributed by atoms with van der Waals surface area (Å²) in [5, 5.41) is 10.7. The molecule has 0 saturated heterocycles. The van der Waals surface area contributed by atoms with Gasteiger partial charge in [0.25, 0.3) is 9.05 Å². The highest BCUT2D eigenvalue weighted by atomic mass is 35.7. The second kappa shape index (κ2) is 3.63. The molecule has 6 heteroatoms. The lowest BCUT2D eigenvalue weighted by Gasteiger charge is -1.95. The van der Waals surface area contributed by atoms with Crippen molar-refractivity contribution in [3.05, 3.63) is 36.4 Å². The van der Waals surface area contributed by atoms with Crippen LogP contribution < -0.4 is 0 Å². The number of phenols is 1. The Morgan fingerprint density at radius 3 is 2.28 bits per heavy atom. The van der Waals surface area contributed by atoms with Gasteiger partial charge in [-0.1, -0.05) is 0 Å². The van der Waals surface area contributed by atoms with Gasteiger partial charge >= 0.3 is 0 Å². The fourth-order valence-electron chi connectivity index (χ4n) is 1.90. The maximum Gasteiger partial charge on any atom is 0.261 e. The number of benzene rings is 2. The Labute approximate surface area is 107 Å². The van der Waals surface area contributed by atoms with Crippen LogP contribution in [0.15, 0.2) is 45.7 Å². The van der Waals surface area contributed by atoms with E-state index in [1.54, 1.807) is 12.1 Å². The third-order valence-electron chi connectivity index (χ3n) is 2.71. The van der Waals surface area contributed by atoms with Gasteiger partial charge in [0.2, 0.25) is 0 Å². The first kappa shape index (κ1) is 11.4. The number of fused-ring (bicyclic) bond motifs is 3. The predicted octanol–water partition coefficient (Wildman–Crippen LogP) is 3.22. The molecule has 0 aliphatic heterocycles. The summed E-state index contributed by atoms with van der Waals surface area (Å²) in [6.07, 6.45) is 0. The van der Waals surface area contributed by atoms with E-state index in [0.717, 1.165) is 0 Å². The largest absolute Gasteiger partial charge is 0.508 e. The van der Waals surface area contributed by atoms with E-state index in [1.807, 2.05) is 0 Å². The standard InChI is InChI=1S/C12H7ClO4S/c13-18(15,16)8-2-4-12-10(6-8)9-5-7(14)1-3-11(9)17-12/h1-6,14H. The minimum Gasteiger partial charge on any atom is -0.508 e. The lowest BCUT2D eigenvalue weighted by Crippen LogP contribution is -1.88. The molecule has 1 N–H and O–H groups in total. The molecule has 0 spiro atoms. The van der Waals surface area contributed by atoms with Crippen LogP contribution in [0.5, 0.6) is 5.75 Å². The molecule has 0 saturated carbocycles. The number of hydrogen-bond acceptors (Lipinski definition) is 4. The van der Waals surface area contributed by atoms with Gasteiger partial charge in [-0.05, 0) is 36.4 Å². The van der Waals surface area contributed by atoms with E-state index < -0.39 is 9.05 Å². The van der Waals surface area contributed by atoms with Gasteiger partial charge in [0, 0.05) is 21.5 Å². The van der Waals surface area contributed by atoms with Crippen molar-refractivity contribution < 1.29 is 17.9 Å². The van der Waals surface area contributed by atoms with Crippen LogP contribution in [0.4, 0.5) is 0 Å². The van der Waals surface area contributed by atoms with Gasteiger partial charge in [0.1, 0.15) is 16.9 Å². The fourth-order valence-corrected chi connectivity index (χ4v) is 2.67. The van der Waals surface area contributed by atoms with Crippen molar-refractivity contribution in [2.75, 3.05) is 0 Å². The van der Waals surface area contributed by atoms with Crippen LogP contribution >= 0.6 is 10.7 Å². The lowest BCUT2D eigenvalue weighted by molar-refractivity contribution is 0.476. The van der Waals surface area contributed by atoms with E-state index in [2.05, 4.69) is 0 Å². The topological polar surface area (TPSA) is 67.5 Å². The summed E-state index contributed by atoms with van der Waals surface area (Å²) in [7, 11) is 1.52. The molecule has 3 aromatic rings. The quantitative estimate of drug-likeness (QED) is 0.696. The first-order valence-electron chi connectivity index (χ1n) is 5.05. The second-order valence-corrected chi connectivity index (χ2v) is 6.44. The van der Waals surface area contributed by atoms with Crippen molar-refractivity contribution in [2.45, 2.75) is 4.90 Å². The first-order chi connectivity index (χ1) is 8.45. The van der Waals surface area contributed by atoms with Crippen LogP contribution in [0.2, 0.25) is 0 Å². The Balaban J connectivity index is 2.45. The van der Waals surface area contributed by atoms with Crippen LogP contribution in [0.1, 0.15) is 0 Å². The number of hydrogen-bond donors (Lipinski definition) is 1. The van der Waals surface area contributed by atoms with Gasteiger partial charge in [0.15, 0.2) is 0 Å². The highest BCUT2D eigenvalue weighted by Gasteiger charge is 2.14. The molecule has 1 aromatic heterocycles. The van der Waals surface area contributed by atoms with Crippen LogP contribution in [-0.4, -0.2) is 13.5 Å². The molecule has 0 aliphatic carbocycles. The average molecular weight is 283 g/mol. The first-order valence-corrected chi connectivity index (χ1v) is 7.36. The van der Waals surface area contributed by atoms with Crippen LogP contribution in [0.25, 0.3) is 21.9 Å². The number of phenolic OH excluding ortho intramolecular Hbond substituents is 1. The monoisotopic (exact) mass is 282 g/mol. The van der Waals surface area contributed by atoms with Gasteiger partial charge < -0.3 is 9.52 Å². The SMILES string of the molecule is O=S(=O)(Cl)c1ccc2oc3ccc(O)cc3c2c1. The zero-order valence-corrected chi connectivity index (χ0v) is 10.5. The number of halogens is 1. The summed E-state index contributed by atoms with van der Waals surface area (Å²) in [4.78, 5) is 0.00251. The van der Waals surface area contributed by atoms with Crippen molar-refractivity contribution in [1.29, 1.82) is 0 Å². The summed E-state index contributed by atoms with van der Waals surface area (Å²) < 4.78 is 28.1. The molecule has 92 valence electrons. The molecule has 18 heavy (non-hydrogen) atoms. The molecule has 4 nitrogen and oxygen atoms in total. The van der Waals surface area contributed by atoms with E-state index >= 15 is 0 Å². The molecule has 0 amide bonds. The van der Waals surface area contributed by atoms with Crippen molar-refractivity contribution in [3.63, 3.8) is 0 Å². The molecular formula is C12H7ClO4S. The van der Waals surface area contributed by atoms with E-state index in [4.69, 9.17) is 15.1 Å². The zero-order valence-electron chi connectivity index (χ0n) is 8.92. The Morgan fingerprint density at radius 2 is 1.61 bits per heavy atom. The smallest absolute Gasteiger partial charge is 0.261 e. The van der Waals surface area contributed by atoms with E-state index in [0.29, 0.717) is 21.9 Å². The summed E-state index contributed by atoms with van der Waals surface area (Å²) in [6.45, 7) is 0. The molecule has 0 fully saturated rings. The van der Waals surface area contributed by atoms with E-state index in [9.17, 15) is 13.5 Å². The molecule has 1 heterocycles. The summed E-state index contributed by atoms with van der Waals surface area (Å²) in [5.74, 6) is 0.0873. The van der Waals surface area contributed by atoms with E-state index in [1.165, 1.54) is 24.3 Å². The molecule has 0 atom stereocenters. The third-order valence-corrected chi connectivity index (χ3v) is 4.06. The van der Waals surface area contributed by atoms with Gasteiger partial charge in [-0.3, -0.25) is 0 Å². The molecule has 2 aromatic carbocycles. The number of furan rings is 1. The van der Waals surface area contributed by atoms with Crippen molar-refractivity contribution in [3.8, 4) is 5.75 Å². The highest BCUT2D eigenvalue weighted by molar-refractivity contribution is 8.13. The second-order valence-electron chi connectivity index (χ2n) is 3.88. The Morgan fingerprint density at radius 1 is 1.00 bits per heavy atom. The average Bonchev–Trinajstić information content (AvgIpc) is 2.65. The maximum atomic E-state index is 11.3. The molecule has 0 bridgehead atoms.